The fraction of sp³-hybridized carbons (Fsp3) is 0.455. The van der Waals surface area contributed by atoms with Crippen LogP contribution < -0.4 is 10.6 Å². The third kappa shape index (κ3) is 1.37. The summed E-state index contributed by atoms with van der Waals surface area (Å²) >= 11 is 0. The van der Waals surface area contributed by atoms with Crippen molar-refractivity contribution in [1.82, 2.24) is 0 Å². The van der Waals surface area contributed by atoms with Crippen LogP contribution in [0, 0.1) is 0 Å². The van der Waals surface area contributed by atoms with E-state index in [1.165, 1.54) is 17.7 Å². The summed E-state index contributed by atoms with van der Waals surface area (Å²) in [7, 11) is 2.15. The second-order valence-electron chi connectivity index (χ2n) is 3.89. The van der Waals surface area contributed by atoms with Gasteiger partial charge in [0.1, 0.15) is 0 Å². The van der Waals surface area contributed by atoms with E-state index in [1.54, 1.807) is 0 Å². The fourth-order valence-electron chi connectivity index (χ4n) is 1.95. The Bertz CT molecular complexity index is 320. The van der Waals surface area contributed by atoms with Crippen molar-refractivity contribution < 1.29 is 0 Å². The van der Waals surface area contributed by atoms with Gasteiger partial charge in [-0.1, -0.05) is 0 Å². The van der Waals surface area contributed by atoms with Gasteiger partial charge >= 0.3 is 0 Å². The maximum Gasteiger partial charge on any atom is 0.0400 e. The van der Waals surface area contributed by atoms with E-state index < -0.39 is 0 Å². The molecule has 70 valence electrons. The molecule has 2 nitrogen and oxygen atoms in total. The molecule has 0 amide bonds. The van der Waals surface area contributed by atoms with Gasteiger partial charge < -0.3 is 10.6 Å². The summed E-state index contributed by atoms with van der Waals surface area (Å²) in [5.41, 5.74) is 9.35. The number of nitrogens with zero attached hydrogens (tertiary/aromatic N) is 1. The van der Waals surface area contributed by atoms with E-state index in [-0.39, 0.29) is 0 Å². The van der Waals surface area contributed by atoms with Crippen molar-refractivity contribution in [2.45, 2.75) is 25.8 Å². The lowest BCUT2D eigenvalue weighted by Crippen LogP contribution is -2.33. The molecule has 0 radical (unpaired) electrons. The second-order valence-corrected chi connectivity index (χ2v) is 3.89. The maximum absolute atomic E-state index is 5.74. The fourth-order valence-corrected chi connectivity index (χ4v) is 1.95. The van der Waals surface area contributed by atoms with Crippen LogP contribution in [0.15, 0.2) is 18.2 Å². The van der Waals surface area contributed by atoms with Crippen LogP contribution in [0.4, 0.5) is 11.4 Å². The summed E-state index contributed by atoms with van der Waals surface area (Å²) in [6.07, 6.45) is 2.39. The lowest BCUT2D eigenvalue weighted by molar-refractivity contribution is 0.598. The summed E-state index contributed by atoms with van der Waals surface area (Å²) < 4.78 is 0. The predicted molar refractivity (Wildman–Crippen MR) is 57.0 cm³/mol. The molecule has 1 atom stereocenters. The van der Waals surface area contributed by atoms with Gasteiger partial charge in [-0.25, -0.2) is 0 Å². The number of hydrogen-bond donors (Lipinski definition) is 1. The first-order chi connectivity index (χ1) is 6.18. The molecule has 1 aromatic rings. The summed E-state index contributed by atoms with van der Waals surface area (Å²) in [5.74, 6) is 0. The van der Waals surface area contributed by atoms with Crippen molar-refractivity contribution in [2.24, 2.45) is 0 Å². The Morgan fingerprint density at radius 1 is 1.46 bits per heavy atom. The van der Waals surface area contributed by atoms with Crippen LogP contribution >= 0.6 is 0 Å². The number of aryl methyl sites for hydroxylation is 1. The van der Waals surface area contributed by atoms with E-state index in [4.69, 9.17) is 5.73 Å². The molecule has 0 spiro atoms. The standard InChI is InChI=1S/C11H16N2/c1-8-3-4-9-7-10(12)5-6-11(9)13(8)2/h5-8H,3-4,12H2,1-2H3. The van der Waals surface area contributed by atoms with Gasteiger partial charge in [-0.15, -0.1) is 0 Å². The minimum Gasteiger partial charge on any atom is -0.399 e. The zero-order valence-electron chi connectivity index (χ0n) is 8.25. The van der Waals surface area contributed by atoms with Crippen molar-refractivity contribution in [1.29, 1.82) is 0 Å². The molecule has 1 aliphatic rings. The number of nitrogen functional groups attached to an aromatic ring is 1. The van der Waals surface area contributed by atoms with E-state index in [0.29, 0.717) is 6.04 Å². The molecule has 0 aliphatic carbocycles. The van der Waals surface area contributed by atoms with Gasteiger partial charge in [-0.2, -0.15) is 0 Å². The summed E-state index contributed by atoms with van der Waals surface area (Å²) in [5, 5.41) is 0. The van der Waals surface area contributed by atoms with Crippen LogP contribution in [0.1, 0.15) is 18.9 Å². The lowest BCUT2D eigenvalue weighted by atomic mass is 9.97. The Morgan fingerprint density at radius 3 is 3.00 bits per heavy atom. The van der Waals surface area contributed by atoms with Crippen molar-refractivity contribution in [3.8, 4) is 0 Å². The molecule has 13 heavy (non-hydrogen) atoms. The van der Waals surface area contributed by atoms with Crippen LogP contribution in [-0.4, -0.2) is 13.1 Å². The normalized spacial score (nSPS) is 21.4. The number of rotatable bonds is 0. The van der Waals surface area contributed by atoms with Crippen molar-refractivity contribution >= 4 is 11.4 Å². The smallest absolute Gasteiger partial charge is 0.0400 e. The number of fused-ring (bicyclic) bond motifs is 1. The molecule has 1 aromatic carbocycles. The van der Waals surface area contributed by atoms with E-state index in [9.17, 15) is 0 Å². The summed E-state index contributed by atoms with van der Waals surface area (Å²) in [6, 6.07) is 6.85. The van der Waals surface area contributed by atoms with Crippen molar-refractivity contribution in [3.63, 3.8) is 0 Å². The average Bonchev–Trinajstić information content (AvgIpc) is 2.12. The molecular formula is C11H16N2. The van der Waals surface area contributed by atoms with Gasteiger partial charge in [0.15, 0.2) is 0 Å². The van der Waals surface area contributed by atoms with Gasteiger partial charge in [0, 0.05) is 24.5 Å². The maximum atomic E-state index is 5.74. The SMILES string of the molecule is CC1CCc2cc(N)ccc2N1C. The number of anilines is 2. The first kappa shape index (κ1) is 8.42. The molecule has 0 aromatic heterocycles. The van der Waals surface area contributed by atoms with Gasteiger partial charge in [0.05, 0.1) is 0 Å². The molecular weight excluding hydrogens is 160 g/mol. The molecule has 0 bridgehead atoms. The van der Waals surface area contributed by atoms with Gasteiger partial charge in [-0.05, 0) is 43.5 Å². The Kier molecular flexibility index (Phi) is 1.91. The molecule has 0 saturated heterocycles. The highest BCUT2D eigenvalue weighted by Crippen LogP contribution is 2.30. The van der Waals surface area contributed by atoms with Crippen molar-refractivity contribution in [2.75, 3.05) is 17.7 Å². The van der Waals surface area contributed by atoms with E-state index in [0.717, 1.165) is 12.1 Å². The lowest BCUT2D eigenvalue weighted by Gasteiger charge is -2.33. The topological polar surface area (TPSA) is 29.3 Å². The van der Waals surface area contributed by atoms with Crippen LogP contribution in [0.5, 0.6) is 0 Å². The van der Waals surface area contributed by atoms with E-state index in [2.05, 4.69) is 31.0 Å². The Morgan fingerprint density at radius 2 is 2.23 bits per heavy atom. The average molecular weight is 176 g/mol. The number of benzene rings is 1. The van der Waals surface area contributed by atoms with Crippen LogP contribution in [0.25, 0.3) is 0 Å². The quantitative estimate of drug-likeness (QED) is 0.613. The van der Waals surface area contributed by atoms with E-state index >= 15 is 0 Å². The number of hydrogen-bond acceptors (Lipinski definition) is 2. The first-order valence-corrected chi connectivity index (χ1v) is 4.79. The zero-order chi connectivity index (χ0) is 9.42. The molecule has 0 saturated carbocycles. The molecule has 0 fully saturated rings. The molecule has 1 aliphatic heterocycles. The molecule has 1 heterocycles. The summed E-state index contributed by atoms with van der Waals surface area (Å²) in [6.45, 7) is 2.26. The summed E-state index contributed by atoms with van der Waals surface area (Å²) in [4.78, 5) is 2.33. The third-order valence-corrected chi connectivity index (χ3v) is 2.98. The zero-order valence-corrected chi connectivity index (χ0v) is 8.25. The van der Waals surface area contributed by atoms with Gasteiger partial charge in [0.2, 0.25) is 0 Å². The minimum atomic E-state index is 0.649. The Balaban J connectivity index is 2.44. The van der Waals surface area contributed by atoms with E-state index in [1.807, 2.05) is 6.07 Å². The second kappa shape index (κ2) is 2.95. The van der Waals surface area contributed by atoms with Crippen molar-refractivity contribution in [3.05, 3.63) is 23.8 Å². The minimum absolute atomic E-state index is 0.649. The molecule has 2 heteroatoms. The first-order valence-electron chi connectivity index (χ1n) is 4.79. The largest absolute Gasteiger partial charge is 0.399 e. The Labute approximate surface area is 79.4 Å². The molecule has 2 N–H and O–H groups in total. The van der Waals surface area contributed by atoms with Crippen LogP contribution in [-0.2, 0) is 6.42 Å². The monoisotopic (exact) mass is 176 g/mol. The van der Waals surface area contributed by atoms with Gasteiger partial charge in [-0.3, -0.25) is 0 Å². The highest BCUT2D eigenvalue weighted by Gasteiger charge is 2.19. The van der Waals surface area contributed by atoms with Crippen LogP contribution in [0.3, 0.4) is 0 Å². The number of nitrogens with two attached hydrogens (primary N) is 1. The Hall–Kier alpha value is -1.18. The van der Waals surface area contributed by atoms with Gasteiger partial charge in [0.25, 0.3) is 0 Å². The molecule has 1 unspecified atom stereocenters. The highest BCUT2D eigenvalue weighted by molar-refractivity contribution is 5.61. The highest BCUT2D eigenvalue weighted by atomic mass is 15.1. The third-order valence-electron chi connectivity index (χ3n) is 2.98. The predicted octanol–water partition coefficient (Wildman–Crippen LogP) is 2.04. The van der Waals surface area contributed by atoms with Crippen LogP contribution in [0.2, 0.25) is 0 Å². The molecule has 2 rings (SSSR count).